The van der Waals surface area contributed by atoms with Gasteiger partial charge in [0.25, 0.3) is 0 Å². The minimum atomic E-state index is -4.26. The molecule has 25 nitrogen and oxygen atoms in total. The van der Waals surface area contributed by atoms with E-state index in [0.717, 1.165) is 25.4 Å². The summed E-state index contributed by atoms with van der Waals surface area (Å²) in [5.74, 6) is -3.29. The summed E-state index contributed by atoms with van der Waals surface area (Å²) < 4.78 is 40.7. The Kier molecular flexibility index (Phi) is 21.3. The fourth-order valence-corrected chi connectivity index (χ4v) is 15.6. The molecule has 7 aliphatic rings. The van der Waals surface area contributed by atoms with Gasteiger partial charge < -0.3 is 85.0 Å². The van der Waals surface area contributed by atoms with Crippen LogP contribution in [-0.2, 0) is 49.6 Å². The number of guanidine groups is 1. The summed E-state index contributed by atoms with van der Waals surface area (Å²) in [4.78, 5) is 142. The summed E-state index contributed by atoms with van der Waals surface area (Å²) in [6.07, 6.45) is 10.9. The number of hydrogen-bond acceptors (Lipinski definition) is 11. The van der Waals surface area contributed by atoms with E-state index in [4.69, 9.17) is 21.9 Å². The molecule has 0 unspecified atom stereocenters. The number of aromatic nitrogens is 2. The van der Waals surface area contributed by atoms with Crippen molar-refractivity contribution in [3.05, 3.63) is 95.0 Å². The Morgan fingerprint density at radius 3 is 1.86 bits per heavy atom. The second-order valence-corrected chi connectivity index (χ2v) is 26.6. The third-order valence-electron chi connectivity index (χ3n) is 20.6. The molecule has 0 spiro atoms. The molecule has 0 saturated carbocycles. The highest BCUT2D eigenvalue weighted by Gasteiger charge is 2.55. The fraction of sp³-hybridized carbons (Fsp3) is 0.522. The molecular formula is C69H90BF2N15O10. The van der Waals surface area contributed by atoms with Gasteiger partial charge in [-0.1, -0.05) is 24.6 Å². The summed E-state index contributed by atoms with van der Waals surface area (Å²) >= 11 is 0. The molecule has 7 aliphatic heterocycles. The summed E-state index contributed by atoms with van der Waals surface area (Å²) in [6, 6.07) is 11.3. The largest absolute Gasteiger partial charge is 0.737 e. The van der Waals surface area contributed by atoms with Gasteiger partial charge in [-0.05, 0) is 157 Å². The number of methoxy groups -OCH3 is 1. The second kappa shape index (κ2) is 30.0. The number of carbonyl (C=O) groups is 9. The molecule has 0 radical (unpaired) electrons. The average Bonchev–Trinajstić information content (AvgIpc) is 1.58. The number of nitrogens with zero attached hydrogens (tertiary/aromatic N) is 8. The quantitative estimate of drug-likeness (QED) is 0.0202. The maximum absolute atomic E-state index is 16.6. The van der Waals surface area contributed by atoms with Crippen LogP contribution in [0.1, 0.15) is 141 Å². The normalized spacial score (nSPS) is 21.8. The maximum atomic E-state index is 16.6. The number of aromatic amines is 1. The van der Waals surface area contributed by atoms with Crippen molar-refractivity contribution in [1.82, 2.24) is 49.9 Å². The highest BCUT2D eigenvalue weighted by molar-refractivity contribution is 6.58. The Hall–Kier alpha value is -9.37. The van der Waals surface area contributed by atoms with Crippen molar-refractivity contribution in [3.63, 3.8) is 0 Å². The van der Waals surface area contributed by atoms with E-state index in [1.165, 1.54) is 9.80 Å². The van der Waals surface area contributed by atoms with Crippen LogP contribution in [0.4, 0.5) is 8.63 Å². The van der Waals surface area contributed by atoms with E-state index in [2.05, 4.69) is 25.9 Å². The zero-order valence-corrected chi connectivity index (χ0v) is 55.6. The molecule has 2 aromatic heterocycles. The molecule has 7 atom stereocenters. The van der Waals surface area contributed by atoms with Crippen LogP contribution in [0.25, 0.3) is 28.2 Å². The fourth-order valence-electron chi connectivity index (χ4n) is 15.6. The number of amides is 9. The summed E-state index contributed by atoms with van der Waals surface area (Å²) in [5, 5.41) is 9.39. The zero-order chi connectivity index (χ0) is 68.8. The smallest absolute Gasteiger partial charge is 0.497 e. The molecule has 9 amide bonds. The van der Waals surface area contributed by atoms with Crippen LogP contribution in [0, 0.1) is 0 Å². The minimum Gasteiger partial charge on any atom is -0.497 e. The number of fused-ring (bicyclic) bond motifs is 3. The Balaban J connectivity index is 0.638. The number of hydrogen-bond donors (Lipinski definition) is 7. The molecule has 28 heteroatoms. The number of primary amides is 1. The maximum Gasteiger partial charge on any atom is 0.737 e. The monoisotopic (exact) mass is 1340 g/mol. The van der Waals surface area contributed by atoms with Crippen LogP contribution in [-0.4, -0.2) is 205 Å². The van der Waals surface area contributed by atoms with E-state index in [1.807, 2.05) is 31.2 Å². The predicted octanol–water partition coefficient (Wildman–Crippen LogP) is 4.19. The molecule has 5 fully saturated rings. The van der Waals surface area contributed by atoms with E-state index in [9.17, 15) is 43.2 Å². The van der Waals surface area contributed by atoms with Crippen molar-refractivity contribution in [1.29, 1.82) is 0 Å². The van der Waals surface area contributed by atoms with Crippen LogP contribution in [0.3, 0.4) is 0 Å². The number of aliphatic imine (C=N–C) groups is 1. The lowest BCUT2D eigenvalue weighted by molar-refractivity contribution is -0.362. The van der Waals surface area contributed by atoms with Crippen molar-refractivity contribution < 1.29 is 61.0 Å². The first-order valence-electron chi connectivity index (χ1n) is 34.4. The highest BCUT2D eigenvalue weighted by atomic mass is 19.2. The molecule has 10 N–H and O–H groups in total. The molecule has 4 aromatic rings. The number of nitrogens with one attached hydrogen (secondary N) is 4. The lowest BCUT2D eigenvalue weighted by Crippen LogP contribution is -2.59. The number of rotatable bonds is 26. The van der Waals surface area contributed by atoms with Crippen LogP contribution in [0.5, 0.6) is 5.75 Å². The van der Waals surface area contributed by atoms with Gasteiger partial charge in [-0.3, -0.25) is 48.1 Å². The topological polar surface area (TPSA) is 329 Å². The van der Waals surface area contributed by atoms with Gasteiger partial charge in [0.05, 0.1) is 7.11 Å². The first-order valence-corrected chi connectivity index (χ1v) is 34.4. The molecule has 97 heavy (non-hydrogen) atoms. The number of H-pyrrole nitrogens is 1. The third kappa shape index (κ3) is 14.5. The number of likely N-dealkylation sites (tertiary alicyclic amines) is 5. The number of benzene rings is 2. The van der Waals surface area contributed by atoms with E-state index in [1.54, 1.807) is 77.4 Å². The van der Waals surface area contributed by atoms with Crippen molar-refractivity contribution >= 4 is 88.8 Å². The molecular weight excluding hydrogens is 1250 g/mol. The van der Waals surface area contributed by atoms with Gasteiger partial charge in [0.15, 0.2) is 11.7 Å². The SMILES string of the molecule is COc1ccc(-c2ccc3n2[B-](F)(F)[N+]2=C(C)C(CCC(=O)NCCCCCC(=O)N4CCC[C@H]4C(=O)N4CCC[C@H]4C(=O)N4CCC[C@H]4C(=O)N4CCC[C@H]4C(=O)N4CCC[C@H]4C(=O)N[C@@H](CCCN=C(N)N)C(=O)N[C@@H](Cc4c[nH]c5ccccc45)C(N)=O)=C(C)C2=C3)cc1. The van der Waals surface area contributed by atoms with Crippen LogP contribution < -0.4 is 37.9 Å². The number of nitrogens with two attached hydrogens (primary N) is 3. The van der Waals surface area contributed by atoms with Gasteiger partial charge in [-0.25, -0.2) is 0 Å². The molecule has 2 aromatic carbocycles. The van der Waals surface area contributed by atoms with Crippen molar-refractivity contribution in [2.45, 2.75) is 178 Å². The number of allylic oxidation sites excluding steroid dienone is 2. The van der Waals surface area contributed by atoms with E-state index >= 15 is 8.63 Å². The third-order valence-corrected chi connectivity index (χ3v) is 20.6. The minimum absolute atomic E-state index is 0.0826. The summed E-state index contributed by atoms with van der Waals surface area (Å²) in [5.41, 5.74) is 22.2. The van der Waals surface area contributed by atoms with Crippen molar-refractivity contribution in [3.8, 4) is 17.0 Å². The molecule has 9 heterocycles. The summed E-state index contributed by atoms with van der Waals surface area (Å²) in [6.45, 7) is 1.29. The van der Waals surface area contributed by atoms with E-state index < -0.39 is 72.9 Å². The van der Waals surface area contributed by atoms with Crippen LogP contribution in [0.15, 0.2) is 88.7 Å². The van der Waals surface area contributed by atoms with Gasteiger partial charge in [0.1, 0.15) is 53.8 Å². The number of carbonyl (C=O) groups excluding carboxylic acids is 9. The van der Waals surface area contributed by atoms with Crippen molar-refractivity contribution in [2.75, 3.05) is 52.9 Å². The molecule has 0 aliphatic carbocycles. The average molecular weight is 1340 g/mol. The number of halogens is 2. The first-order chi connectivity index (χ1) is 46.7. The van der Waals surface area contributed by atoms with E-state index in [0.29, 0.717) is 155 Å². The van der Waals surface area contributed by atoms with Gasteiger partial charge in [0, 0.05) is 118 Å². The Labute approximate surface area is 562 Å². The van der Waals surface area contributed by atoms with Gasteiger partial charge >= 0.3 is 6.97 Å². The standard InChI is InChI=1S/C69H90BF2N15O10/c1-42-48(43(2)86-59(42)40-46-26-30-53(87(46)70(86,71)72)44-24-27-47(97-3)28-25-44)29-31-60(88)76-32-8-4-5-23-61(89)81-34-11-19-55(81)65(93)83-36-13-21-57(83)67(95)85-38-14-22-58(85)68(96)84-37-12-20-56(84)66(94)82-35-10-18-54(82)64(92)79-51(17-9-33-77-69(74)75)63(91)80-52(62(73)90)39-45-41-78-50-16-7-6-15-49(45)50/h6-7,15-16,24-28,30,40-41,51-52,54-58,78H,4-5,8-14,17-23,29,31-39H2,1-3H3,(H2,73,90)(H,76,88)(H,79,92)(H,80,91)(H4,74,75,77)/t51-,52-,54-,55-,56-,57-,58-/m0/s1. The number of ether oxygens (including phenoxy) is 1. The molecule has 11 rings (SSSR count). The Bertz CT molecular complexity index is 3840. The zero-order valence-electron chi connectivity index (χ0n) is 55.6. The van der Waals surface area contributed by atoms with Gasteiger partial charge in [0.2, 0.25) is 53.2 Å². The van der Waals surface area contributed by atoms with E-state index in [-0.39, 0.29) is 93.7 Å². The predicted molar refractivity (Wildman–Crippen MR) is 361 cm³/mol. The first kappa shape index (κ1) is 69.0. The highest BCUT2D eigenvalue weighted by Crippen LogP contribution is 2.41. The molecule has 0 bridgehead atoms. The summed E-state index contributed by atoms with van der Waals surface area (Å²) in [7, 11) is 1.55. The van der Waals surface area contributed by atoms with Crippen LogP contribution >= 0.6 is 0 Å². The number of unbranched alkanes of at least 4 members (excludes halogenated alkanes) is 2. The lowest BCUT2D eigenvalue weighted by atomic mass is 9.89. The Morgan fingerprint density at radius 2 is 1.26 bits per heavy atom. The molecule has 518 valence electrons. The molecule has 5 saturated heterocycles. The van der Waals surface area contributed by atoms with Gasteiger partial charge in [-0.15, -0.1) is 0 Å². The number of para-hydroxylation sites is 1. The lowest BCUT2D eigenvalue weighted by Gasteiger charge is -2.36. The van der Waals surface area contributed by atoms with Gasteiger partial charge in [-0.2, -0.15) is 0 Å². The van der Waals surface area contributed by atoms with Crippen LogP contribution in [0.2, 0.25) is 0 Å². The van der Waals surface area contributed by atoms with Crippen molar-refractivity contribution in [2.24, 2.45) is 22.2 Å². The Morgan fingerprint density at radius 1 is 0.680 bits per heavy atom. The second-order valence-electron chi connectivity index (χ2n) is 26.6.